The number of benzene rings is 1. The fourth-order valence-corrected chi connectivity index (χ4v) is 4.79. The van der Waals surface area contributed by atoms with Crippen LogP contribution in [-0.2, 0) is 24.1 Å². The minimum atomic E-state index is -4.42. The Morgan fingerprint density at radius 3 is 2.54 bits per heavy atom. The number of aliphatic hydroxyl groups excluding tert-OH is 1. The molecule has 3 heterocycles. The molecule has 1 aromatic carbocycles. The van der Waals surface area contributed by atoms with E-state index in [4.69, 9.17) is 5.73 Å². The Morgan fingerprint density at radius 1 is 1.24 bits per heavy atom. The zero-order valence-electron chi connectivity index (χ0n) is 20.6. The molecule has 0 saturated carbocycles. The summed E-state index contributed by atoms with van der Waals surface area (Å²) in [6, 6.07) is 4.73. The van der Waals surface area contributed by atoms with Crippen molar-refractivity contribution in [1.82, 2.24) is 19.4 Å². The van der Waals surface area contributed by atoms with Crippen molar-refractivity contribution >= 4 is 22.8 Å². The fourth-order valence-electron chi connectivity index (χ4n) is 4.79. The van der Waals surface area contributed by atoms with Crippen LogP contribution in [0.2, 0.25) is 0 Å². The van der Waals surface area contributed by atoms with Crippen LogP contribution < -0.4 is 10.6 Å². The average molecular weight is 523 g/mol. The van der Waals surface area contributed by atoms with Crippen molar-refractivity contribution in [2.75, 3.05) is 24.5 Å². The van der Waals surface area contributed by atoms with Crippen LogP contribution in [0.1, 0.15) is 31.4 Å². The number of piperidine rings is 1. The fraction of sp³-hybridized carbons (Fsp3) is 0.480. The first-order valence-electron chi connectivity index (χ1n) is 12.0. The molecule has 3 aromatic rings. The third-order valence-electron chi connectivity index (χ3n) is 6.73. The average Bonchev–Trinajstić information content (AvgIpc) is 3.14. The molecule has 200 valence electrons. The minimum Gasteiger partial charge on any atom is -0.391 e. The number of alkyl halides is 3. The lowest BCUT2D eigenvalue weighted by Gasteiger charge is -2.35. The van der Waals surface area contributed by atoms with Crippen LogP contribution in [0.25, 0.3) is 11.0 Å². The molecule has 3 N–H and O–H groups in total. The summed E-state index contributed by atoms with van der Waals surface area (Å²) < 4.78 is 55.8. The van der Waals surface area contributed by atoms with Gasteiger partial charge in [0.2, 0.25) is 5.91 Å². The first-order valence-corrected chi connectivity index (χ1v) is 12.0. The van der Waals surface area contributed by atoms with Gasteiger partial charge in [-0.3, -0.25) is 9.69 Å². The smallest absolute Gasteiger partial charge is 0.391 e. The molecule has 12 heteroatoms. The Bertz CT molecular complexity index is 1240. The van der Waals surface area contributed by atoms with Crippen LogP contribution in [-0.4, -0.2) is 62.2 Å². The third-order valence-corrected chi connectivity index (χ3v) is 6.73. The van der Waals surface area contributed by atoms with Crippen LogP contribution in [0, 0.1) is 11.7 Å². The van der Waals surface area contributed by atoms with Gasteiger partial charge >= 0.3 is 6.18 Å². The maximum atomic E-state index is 15.3. The number of hydrogen-bond acceptors (Lipinski definition) is 6. The van der Waals surface area contributed by atoms with Crippen LogP contribution in [0.5, 0.6) is 0 Å². The standard InChI is InChI=1S/C25H30F4N6O2/c1-15(2)35(9-16-3-5-18(6-4-16)25(27,28)29)24-22-19(26)11-34(23(22)31-14-32-24)10-17-7-8-33(12-20(17)36)13-21(30)37/h3-6,11,14-15,17,20,36H,7-10,12-13H2,1-2H3,(H2,30,37)/t17-,20+/m0/s1. The number of primary amides is 1. The molecule has 2 aromatic heterocycles. The van der Waals surface area contributed by atoms with Gasteiger partial charge in [0.25, 0.3) is 0 Å². The van der Waals surface area contributed by atoms with Gasteiger partial charge in [0.15, 0.2) is 5.82 Å². The van der Waals surface area contributed by atoms with Crippen molar-refractivity contribution in [3.8, 4) is 0 Å². The highest BCUT2D eigenvalue weighted by Crippen LogP contribution is 2.32. The predicted molar refractivity (Wildman–Crippen MR) is 130 cm³/mol. The van der Waals surface area contributed by atoms with Gasteiger partial charge in [-0.15, -0.1) is 0 Å². The zero-order valence-corrected chi connectivity index (χ0v) is 20.6. The number of nitrogens with zero attached hydrogens (tertiary/aromatic N) is 5. The summed E-state index contributed by atoms with van der Waals surface area (Å²) in [5.74, 6) is -0.817. The number of amides is 1. The molecule has 0 spiro atoms. The van der Waals surface area contributed by atoms with Crippen molar-refractivity contribution < 1.29 is 27.5 Å². The molecular formula is C25H30F4N6O2. The largest absolute Gasteiger partial charge is 0.416 e. The number of fused-ring (bicyclic) bond motifs is 1. The van der Waals surface area contributed by atoms with E-state index in [1.165, 1.54) is 24.7 Å². The van der Waals surface area contributed by atoms with Crippen molar-refractivity contribution in [3.63, 3.8) is 0 Å². The Balaban J connectivity index is 1.58. The van der Waals surface area contributed by atoms with Crippen molar-refractivity contribution in [2.45, 2.75) is 51.7 Å². The zero-order chi connectivity index (χ0) is 26.9. The summed E-state index contributed by atoms with van der Waals surface area (Å²) in [5.41, 5.74) is 5.51. The number of nitrogens with two attached hydrogens (primary N) is 1. The molecule has 1 amide bonds. The highest BCUT2D eigenvalue weighted by molar-refractivity contribution is 5.88. The normalized spacial score (nSPS) is 19.0. The molecule has 0 radical (unpaired) electrons. The lowest BCUT2D eigenvalue weighted by atomic mass is 9.93. The molecule has 0 aliphatic carbocycles. The first-order chi connectivity index (χ1) is 17.4. The van der Waals surface area contributed by atoms with Gasteiger partial charge in [-0.1, -0.05) is 12.1 Å². The number of β-amino-alcohol motifs (C(OH)–C–C–N with tert-alkyl or cyclic N) is 1. The summed E-state index contributed by atoms with van der Waals surface area (Å²) in [6.07, 6.45) is -1.88. The number of carbonyl (C=O) groups excluding carboxylic acids is 1. The Morgan fingerprint density at radius 2 is 1.95 bits per heavy atom. The summed E-state index contributed by atoms with van der Waals surface area (Å²) in [6.45, 7) is 5.29. The number of likely N-dealkylation sites (tertiary alicyclic amines) is 1. The second kappa shape index (κ2) is 10.6. The third kappa shape index (κ3) is 6.02. The highest BCUT2D eigenvalue weighted by atomic mass is 19.4. The van der Waals surface area contributed by atoms with Crippen LogP contribution in [0.3, 0.4) is 0 Å². The molecule has 2 atom stereocenters. The van der Waals surface area contributed by atoms with E-state index in [0.29, 0.717) is 43.1 Å². The topological polar surface area (TPSA) is 101 Å². The van der Waals surface area contributed by atoms with E-state index in [2.05, 4.69) is 9.97 Å². The Labute approximate surface area is 211 Å². The van der Waals surface area contributed by atoms with Gasteiger partial charge in [0, 0.05) is 37.8 Å². The monoisotopic (exact) mass is 522 g/mol. The van der Waals surface area contributed by atoms with Crippen LogP contribution in [0.4, 0.5) is 23.4 Å². The quantitative estimate of drug-likeness (QED) is 0.441. The molecule has 0 unspecified atom stereocenters. The molecule has 8 nitrogen and oxygen atoms in total. The van der Waals surface area contributed by atoms with Gasteiger partial charge in [0.05, 0.1) is 23.6 Å². The van der Waals surface area contributed by atoms with E-state index in [-0.39, 0.29) is 30.4 Å². The summed E-state index contributed by atoms with van der Waals surface area (Å²) in [7, 11) is 0. The Kier molecular flexibility index (Phi) is 7.69. The maximum absolute atomic E-state index is 15.3. The number of anilines is 1. The Hall–Kier alpha value is -3.25. The number of hydrogen-bond donors (Lipinski definition) is 2. The van der Waals surface area contributed by atoms with E-state index in [1.807, 2.05) is 18.7 Å². The SMILES string of the molecule is CC(C)N(Cc1ccc(C(F)(F)F)cc1)c1ncnc2c1c(F)cn2C[C@@H]1CCN(CC(N)=O)C[C@H]1O. The maximum Gasteiger partial charge on any atom is 0.416 e. The van der Waals surface area contributed by atoms with Crippen molar-refractivity contribution in [2.24, 2.45) is 11.7 Å². The highest BCUT2D eigenvalue weighted by Gasteiger charge is 2.31. The van der Waals surface area contributed by atoms with Crippen LogP contribution in [0.15, 0.2) is 36.8 Å². The van der Waals surface area contributed by atoms with Crippen molar-refractivity contribution in [3.05, 3.63) is 53.7 Å². The molecule has 37 heavy (non-hydrogen) atoms. The van der Waals surface area contributed by atoms with Gasteiger partial charge in [-0.05, 0) is 44.5 Å². The lowest BCUT2D eigenvalue weighted by Crippen LogP contribution is -2.47. The second-order valence-electron chi connectivity index (χ2n) is 9.76. The first kappa shape index (κ1) is 26.8. The number of carbonyl (C=O) groups is 1. The van der Waals surface area contributed by atoms with Gasteiger partial charge in [0.1, 0.15) is 17.8 Å². The molecule has 1 fully saturated rings. The number of halogens is 4. The summed E-state index contributed by atoms with van der Waals surface area (Å²) in [4.78, 5) is 23.4. The van der Waals surface area contributed by atoms with E-state index >= 15 is 4.39 Å². The summed E-state index contributed by atoms with van der Waals surface area (Å²) >= 11 is 0. The number of rotatable bonds is 8. The number of aromatic nitrogens is 3. The van der Waals surface area contributed by atoms with E-state index in [1.54, 1.807) is 9.47 Å². The molecular weight excluding hydrogens is 492 g/mol. The van der Waals surface area contributed by atoms with Gasteiger partial charge < -0.3 is 20.3 Å². The van der Waals surface area contributed by atoms with E-state index in [0.717, 1.165) is 12.1 Å². The van der Waals surface area contributed by atoms with Gasteiger partial charge in [-0.2, -0.15) is 13.2 Å². The van der Waals surface area contributed by atoms with Crippen molar-refractivity contribution in [1.29, 1.82) is 0 Å². The molecule has 1 saturated heterocycles. The second-order valence-corrected chi connectivity index (χ2v) is 9.76. The molecule has 4 rings (SSSR count). The summed E-state index contributed by atoms with van der Waals surface area (Å²) in [5, 5.41) is 10.8. The van der Waals surface area contributed by atoms with Gasteiger partial charge in [-0.25, -0.2) is 14.4 Å². The number of aliphatic hydroxyl groups is 1. The van der Waals surface area contributed by atoms with E-state index < -0.39 is 29.6 Å². The van der Waals surface area contributed by atoms with E-state index in [9.17, 15) is 23.1 Å². The molecule has 1 aliphatic heterocycles. The lowest BCUT2D eigenvalue weighted by molar-refractivity contribution is -0.137. The molecule has 0 bridgehead atoms. The predicted octanol–water partition coefficient (Wildman–Crippen LogP) is 3.17. The van der Waals surface area contributed by atoms with Crippen LogP contribution >= 0.6 is 0 Å². The minimum absolute atomic E-state index is 0.0748. The molecule has 1 aliphatic rings.